The maximum Gasteiger partial charge on any atom is 0.257 e. The van der Waals surface area contributed by atoms with Crippen molar-refractivity contribution >= 4 is 11.7 Å². The lowest BCUT2D eigenvalue weighted by atomic mass is 10.1. The summed E-state index contributed by atoms with van der Waals surface area (Å²) in [5.74, 6) is 0.130. The van der Waals surface area contributed by atoms with Crippen LogP contribution in [0.3, 0.4) is 0 Å². The van der Waals surface area contributed by atoms with Crippen molar-refractivity contribution in [3.05, 3.63) is 24.2 Å². The van der Waals surface area contributed by atoms with Crippen LogP contribution in [0.4, 0.5) is 0 Å². The van der Waals surface area contributed by atoms with Gasteiger partial charge in [-0.2, -0.15) is 0 Å². The number of nitrogens with zero attached hydrogens (tertiary/aromatic N) is 1. The Labute approximate surface area is 87.9 Å². The Balaban J connectivity index is 2.02. The second-order valence-electron chi connectivity index (χ2n) is 3.86. The fourth-order valence-corrected chi connectivity index (χ4v) is 1.85. The minimum absolute atomic E-state index is 0.0147. The monoisotopic (exact) mass is 207 g/mol. The van der Waals surface area contributed by atoms with Crippen LogP contribution in [0.5, 0.6) is 0 Å². The van der Waals surface area contributed by atoms with Gasteiger partial charge in [-0.1, -0.05) is 0 Å². The number of hydrogen-bond donors (Lipinski definition) is 0. The zero-order valence-corrected chi connectivity index (χ0v) is 8.60. The molecular weight excluding hydrogens is 194 g/mol. The van der Waals surface area contributed by atoms with Crippen LogP contribution in [0.1, 0.15) is 23.7 Å². The first-order chi connectivity index (χ1) is 7.18. The van der Waals surface area contributed by atoms with Gasteiger partial charge in [-0.15, -0.1) is 0 Å². The number of likely N-dealkylation sites (tertiary alicyclic amines) is 1. The molecule has 0 aliphatic carbocycles. The van der Waals surface area contributed by atoms with Crippen LogP contribution < -0.4 is 0 Å². The zero-order chi connectivity index (χ0) is 10.8. The van der Waals surface area contributed by atoms with E-state index >= 15 is 0 Å². The van der Waals surface area contributed by atoms with E-state index in [0.717, 1.165) is 6.42 Å². The first kappa shape index (κ1) is 9.96. The molecule has 1 fully saturated rings. The molecule has 0 aromatic carbocycles. The van der Waals surface area contributed by atoms with Crippen LogP contribution in [0.2, 0.25) is 0 Å². The Hall–Kier alpha value is -1.58. The van der Waals surface area contributed by atoms with Crippen LogP contribution >= 0.6 is 0 Å². The van der Waals surface area contributed by atoms with Crippen molar-refractivity contribution in [2.45, 2.75) is 13.3 Å². The van der Waals surface area contributed by atoms with Crippen molar-refractivity contribution in [2.24, 2.45) is 5.92 Å². The fourth-order valence-electron chi connectivity index (χ4n) is 1.85. The van der Waals surface area contributed by atoms with Crippen LogP contribution in [0.15, 0.2) is 23.0 Å². The van der Waals surface area contributed by atoms with Crippen molar-refractivity contribution in [1.82, 2.24) is 4.90 Å². The Bertz CT molecular complexity index is 369. The topological polar surface area (TPSA) is 50.5 Å². The molecule has 1 aliphatic rings. The second-order valence-corrected chi connectivity index (χ2v) is 3.86. The van der Waals surface area contributed by atoms with Crippen molar-refractivity contribution in [3.8, 4) is 0 Å². The molecule has 0 unspecified atom stereocenters. The molecule has 0 saturated carbocycles. The van der Waals surface area contributed by atoms with Crippen molar-refractivity contribution in [3.63, 3.8) is 0 Å². The van der Waals surface area contributed by atoms with Gasteiger partial charge in [0.1, 0.15) is 12.0 Å². The van der Waals surface area contributed by atoms with E-state index in [9.17, 15) is 9.59 Å². The van der Waals surface area contributed by atoms with Gasteiger partial charge < -0.3 is 9.32 Å². The number of carbonyl (C=O) groups excluding carboxylic acids is 2. The second kappa shape index (κ2) is 3.88. The Morgan fingerprint density at radius 3 is 2.87 bits per heavy atom. The molecule has 0 N–H and O–H groups in total. The molecule has 80 valence electrons. The van der Waals surface area contributed by atoms with E-state index in [0.29, 0.717) is 18.7 Å². The predicted molar refractivity (Wildman–Crippen MR) is 53.4 cm³/mol. The first-order valence-electron chi connectivity index (χ1n) is 5.00. The average molecular weight is 207 g/mol. The molecule has 1 aromatic heterocycles. The highest BCUT2D eigenvalue weighted by atomic mass is 16.3. The third-order valence-electron chi connectivity index (χ3n) is 2.82. The third-order valence-corrected chi connectivity index (χ3v) is 2.82. The minimum atomic E-state index is -0.0486. The highest BCUT2D eigenvalue weighted by Gasteiger charge is 2.29. The summed E-state index contributed by atoms with van der Waals surface area (Å²) in [6, 6.07) is 1.64. The van der Waals surface area contributed by atoms with Gasteiger partial charge in [0.2, 0.25) is 0 Å². The SMILES string of the molecule is CC(=O)[C@@H]1CCN(C(=O)c2ccoc2)C1. The Morgan fingerprint density at radius 1 is 1.53 bits per heavy atom. The molecule has 1 aliphatic heterocycles. The van der Waals surface area contributed by atoms with E-state index in [1.165, 1.54) is 12.5 Å². The number of furan rings is 1. The summed E-state index contributed by atoms with van der Waals surface area (Å²) < 4.78 is 4.86. The number of hydrogen-bond acceptors (Lipinski definition) is 3. The molecule has 2 rings (SSSR count). The maximum atomic E-state index is 11.8. The predicted octanol–water partition coefficient (Wildman–Crippen LogP) is 1.33. The van der Waals surface area contributed by atoms with Gasteiger partial charge >= 0.3 is 0 Å². The zero-order valence-electron chi connectivity index (χ0n) is 8.60. The fraction of sp³-hybridized carbons (Fsp3) is 0.455. The molecule has 0 spiro atoms. The number of rotatable bonds is 2. The lowest BCUT2D eigenvalue weighted by molar-refractivity contribution is -0.120. The Morgan fingerprint density at radius 2 is 2.33 bits per heavy atom. The molecular formula is C11H13NO3. The third kappa shape index (κ3) is 1.93. The van der Waals surface area contributed by atoms with Crippen molar-refractivity contribution in [1.29, 1.82) is 0 Å². The van der Waals surface area contributed by atoms with Crippen LogP contribution in [0, 0.1) is 5.92 Å². The molecule has 15 heavy (non-hydrogen) atoms. The van der Waals surface area contributed by atoms with Gasteiger partial charge in [-0.3, -0.25) is 9.59 Å². The summed E-state index contributed by atoms with van der Waals surface area (Å²) in [6.45, 7) is 2.78. The highest BCUT2D eigenvalue weighted by Crippen LogP contribution is 2.19. The Kier molecular flexibility index (Phi) is 2.58. The van der Waals surface area contributed by atoms with Crippen molar-refractivity contribution < 1.29 is 14.0 Å². The molecule has 2 heterocycles. The first-order valence-corrected chi connectivity index (χ1v) is 5.00. The molecule has 1 atom stereocenters. The smallest absolute Gasteiger partial charge is 0.257 e. The number of ketones is 1. The number of carbonyl (C=O) groups is 2. The molecule has 4 nitrogen and oxygen atoms in total. The van der Waals surface area contributed by atoms with Gasteiger partial charge in [-0.05, 0) is 19.4 Å². The van der Waals surface area contributed by atoms with E-state index < -0.39 is 0 Å². The summed E-state index contributed by atoms with van der Waals surface area (Å²) in [5.41, 5.74) is 0.555. The molecule has 4 heteroatoms. The van der Waals surface area contributed by atoms with Gasteiger partial charge in [0.15, 0.2) is 0 Å². The molecule has 1 aromatic rings. The summed E-state index contributed by atoms with van der Waals surface area (Å²) in [4.78, 5) is 24.7. The van der Waals surface area contributed by atoms with Gasteiger partial charge in [0.25, 0.3) is 5.91 Å². The summed E-state index contributed by atoms with van der Waals surface area (Å²) in [5, 5.41) is 0. The summed E-state index contributed by atoms with van der Waals surface area (Å²) in [6.07, 6.45) is 3.69. The molecule has 0 radical (unpaired) electrons. The molecule has 1 saturated heterocycles. The normalized spacial score (nSPS) is 20.6. The number of amides is 1. The molecule has 1 amide bonds. The average Bonchev–Trinajstić information content (AvgIpc) is 2.88. The summed E-state index contributed by atoms with van der Waals surface area (Å²) in [7, 11) is 0. The maximum absolute atomic E-state index is 11.8. The van der Waals surface area contributed by atoms with E-state index in [4.69, 9.17) is 4.42 Å². The van der Waals surface area contributed by atoms with Crippen molar-refractivity contribution in [2.75, 3.05) is 13.1 Å². The summed E-state index contributed by atoms with van der Waals surface area (Å²) >= 11 is 0. The molecule has 0 bridgehead atoms. The minimum Gasteiger partial charge on any atom is -0.472 e. The van der Waals surface area contributed by atoms with E-state index in [1.807, 2.05) is 0 Å². The van der Waals surface area contributed by atoms with E-state index in [2.05, 4.69) is 0 Å². The van der Waals surface area contributed by atoms with E-state index in [1.54, 1.807) is 17.9 Å². The lowest BCUT2D eigenvalue weighted by Gasteiger charge is -2.14. The standard InChI is InChI=1S/C11H13NO3/c1-8(13)9-2-4-12(6-9)11(14)10-3-5-15-7-10/h3,5,7,9H,2,4,6H2,1H3/t9-/m1/s1. The van der Waals surface area contributed by atoms with Gasteiger partial charge in [0, 0.05) is 19.0 Å². The quantitative estimate of drug-likeness (QED) is 0.735. The highest BCUT2D eigenvalue weighted by molar-refractivity contribution is 5.94. The van der Waals surface area contributed by atoms with Crippen LogP contribution in [-0.2, 0) is 4.79 Å². The van der Waals surface area contributed by atoms with Gasteiger partial charge in [-0.25, -0.2) is 0 Å². The lowest BCUT2D eigenvalue weighted by Crippen LogP contribution is -2.29. The van der Waals surface area contributed by atoms with E-state index in [-0.39, 0.29) is 17.6 Å². The number of Topliss-reactive ketones (excluding diaryl/α,β-unsaturated/α-hetero) is 1. The van der Waals surface area contributed by atoms with Crippen LogP contribution in [-0.4, -0.2) is 29.7 Å². The van der Waals surface area contributed by atoms with Gasteiger partial charge in [0.05, 0.1) is 11.8 Å². The largest absolute Gasteiger partial charge is 0.472 e. The van der Waals surface area contributed by atoms with Crippen LogP contribution in [0.25, 0.3) is 0 Å².